The van der Waals surface area contributed by atoms with Crippen molar-refractivity contribution >= 4 is 13.3 Å². The molecule has 0 aliphatic heterocycles. The minimum atomic E-state index is 0.431. The Morgan fingerprint density at radius 2 is 2.00 bits per heavy atom. The van der Waals surface area contributed by atoms with Crippen molar-refractivity contribution < 1.29 is 10.1 Å². The van der Waals surface area contributed by atoms with Crippen LogP contribution in [0.1, 0.15) is 0 Å². The van der Waals surface area contributed by atoms with Crippen LogP contribution in [0, 0.1) is 0 Å². The Morgan fingerprint density at radius 3 is 2.00 bits per heavy atom. The van der Waals surface area contributed by atoms with Gasteiger partial charge in [0.05, 0.1) is 0 Å². The molecule has 4 heavy (non-hydrogen) atoms. The molecule has 2 N–H and O–H groups in total. The number of rotatable bonds is 0. The van der Waals surface area contributed by atoms with Gasteiger partial charge in [-0.1, -0.05) is 0 Å². The summed E-state index contributed by atoms with van der Waals surface area (Å²) < 4.78 is 0. The Hall–Kier alpha value is -0.465. The van der Waals surface area contributed by atoms with Gasteiger partial charge in [0.1, 0.15) is 0 Å². The van der Waals surface area contributed by atoms with Gasteiger partial charge >= 0.3 is 23.4 Å². The van der Waals surface area contributed by atoms with Crippen molar-refractivity contribution in [2.45, 2.75) is 0 Å². The average Bonchev–Trinajstić information content (AvgIpc) is 1.37. The maximum atomic E-state index is 7.39. The summed E-state index contributed by atoms with van der Waals surface area (Å²) >= 11 is 0. The standard InChI is InChI=1S/CH2BO2/c3-1-2-4/h3-4H/q-1. The molecule has 0 fully saturated rings. The van der Waals surface area contributed by atoms with E-state index in [-0.39, 0.29) is 0 Å². The Balaban J connectivity index is 2.55. The molecule has 2 nitrogen and oxygen atoms in total. The van der Waals surface area contributed by atoms with E-state index in [0.717, 1.165) is 0 Å². The summed E-state index contributed by atoms with van der Waals surface area (Å²) in [4.78, 5) is 0. The van der Waals surface area contributed by atoms with Gasteiger partial charge in [0.2, 0.25) is 0 Å². The van der Waals surface area contributed by atoms with Gasteiger partial charge in [0.25, 0.3) is 0 Å². The summed E-state index contributed by atoms with van der Waals surface area (Å²) in [5.74, 6) is 0. The molecule has 0 amide bonds. The fraction of sp³-hybridized carbons (Fsp3) is 0. The van der Waals surface area contributed by atoms with Crippen LogP contribution in [0.25, 0.3) is 0 Å². The monoisotopic (exact) mass is 57.0 g/mol. The molecule has 0 unspecified atom stereocenters. The van der Waals surface area contributed by atoms with Crippen molar-refractivity contribution in [3.05, 3.63) is 0 Å². The molecule has 0 aromatic heterocycles. The van der Waals surface area contributed by atoms with Crippen molar-refractivity contribution in [2.24, 2.45) is 0 Å². The van der Waals surface area contributed by atoms with E-state index in [1.165, 1.54) is 6.15 Å². The van der Waals surface area contributed by atoms with Gasteiger partial charge in [-0.3, -0.25) is 0 Å². The van der Waals surface area contributed by atoms with Crippen molar-refractivity contribution in [1.82, 2.24) is 0 Å². The molecule has 22 valence electrons. The second kappa shape index (κ2) is 2.53. The average molecular weight is 56.8 g/mol. The third kappa shape index (κ3) is 1.53. The zero-order valence-corrected chi connectivity index (χ0v) is 1.97. The summed E-state index contributed by atoms with van der Waals surface area (Å²) in [5, 5.41) is 14.7. The summed E-state index contributed by atoms with van der Waals surface area (Å²) in [6.07, 6.45) is 1.36. The van der Waals surface area contributed by atoms with Gasteiger partial charge in [-0.2, -0.15) is 0 Å². The van der Waals surface area contributed by atoms with Crippen LogP contribution in [-0.4, -0.2) is 23.4 Å². The van der Waals surface area contributed by atoms with Crippen LogP contribution < -0.4 is 0 Å². The fourth-order valence-corrected chi connectivity index (χ4v) is 0. The Kier molecular flexibility index (Phi) is 2.24. The van der Waals surface area contributed by atoms with Crippen LogP contribution in [-0.2, 0) is 0 Å². The first-order valence-corrected chi connectivity index (χ1v) is 0.770. The molecule has 0 saturated heterocycles. The van der Waals surface area contributed by atoms with E-state index in [0.29, 0.717) is 7.12 Å². The molecule has 0 radical (unpaired) electrons. The predicted octanol–water partition coefficient (Wildman–Crippen LogP) is -1.39. The molecule has 0 atom stereocenters. The normalized spacial score (nSPS) is 7.00. The molecule has 0 bridgehead atoms. The van der Waals surface area contributed by atoms with E-state index < -0.39 is 0 Å². The first-order chi connectivity index (χ1) is 1.91. The Labute approximate surface area is 24.6 Å². The molecule has 0 aromatic rings. The maximum absolute atomic E-state index is 7.39. The molecule has 3 heteroatoms. The third-order valence-electron chi connectivity index (χ3n) is 0.0577. The fourth-order valence-electron chi connectivity index (χ4n) is 0. The number of hydrogen-bond donors (Lipinski definition) is 2. The molecule has 0 saturated carbocycles. The topological polar surface area (TPSA) is 40.5 Å². The van der Waals surface area contributed by atoms with Gasteiger partial charge < -0.3 is 0 Å². The molecule has 0 aliphatic carbocycles. The van der Waals surface area contributed by atoms with Gasteiger partial charge in [0.15, 0.2) is 0 Å². The van der Waals surface area contributed by atoms with E-state index in [1.54, 1.807) is 0 Å². The Bertz CT molecular complexity index is 21.2. The van der Waals surface area contributed by atoms with Gasteiger partial charge in [0, 0.05) is 0 Å². The van der Waals surface area contributed by atoms with Gasteiger partial charge in [-0.05, 0) is 0 Å². The molecule has 0 aromatic carbocycles. The van der Waals surface area contributed by atoms with Crippen molar-refractivity contribution in [3.63, 3.8) is 0 Å². The van der Waals surface area contributed by atoms with Crippen LogP contribution >= 0.6 is 0 Å². The second-order valence-corrected chi connectivity index (χ2v) is 0.258. The number of hydrogen-bond acceptors (Lipinski definition) is 2. The molecular formula is CH2BO2-. The van der Waals surface area contributed by atoms with Crippen LogP contribution in [0.2, 0.25) is 0 Å². The van der Waals surface area contributed by atoms with Crippen LogP contribution in [0.15, 0.2) is 0 Å². The van der Waals surface area contributed by atoms with E-state index in [2.05, 4.69) is 0 Å². The van der Waals surface area contributed by atoms with Gasteiger partial charge in [-0.25, -0.2) is 0 Å². The SMILES string of the molecule is OB=[C-]O. The van der Waals surface area contributed by atoms with E-state index >= 15 is 0 Å². The van der Waals surface area contributed by atoms with Crippen molar-refractivity contribution in [2.75, 3.05) is 0 Å². The second-order valence-electron chi connectivity index (χ2n) is 0.258. The van der Waals surface area contributed by atoms with Crippen LogP contribution in [0.4, 0.5) is 0 Å². The summed E-state index contributed by atoms with van der Waals surface area (Å²) in [6, 6.07) is 0. The van der Waals surface area contributed by atoms with Crippen molar-refractivity contribution in [1.29, 1.82) is 0 Å². The number of aliphatic hydroxyl groups is 1. The number of aliphatic hydroxyl groups excluding tert-OH is 1. The minimum absolute atomic E-state index is 0.431. The van der Waals surface area contributed by atoms with Crippen LogP contribution in [0.5, 0.6) is 0 Å². The molecule has 0 spiro atoms. The predicted molar refractivity (Wildman–Crippen MR) is 14.9 cm³/mol. The van der Waals surface area contributed by atoms with Crippen LogP contribution in [0.3, 0.4) is 0 Å². The zero-order chi connectivity index (χ0) is 3.41. The summed E-state index contributed by atoms with van der Waals surface area (Å²) in [6.45, 7) is 0. The first kappa shape index (κ1) is 3.53. The van der Waals surface area contributed by atoms with E-state index in [1.807, 2.05) is 0 Å². The quantitative estimate of drug-likeness (QED) is 0.265. The molecular weight excluding hydrogens is 54.8 g/mol. The molecule has 0 aliphatic rings. The summed E-state index contributed by atoms with van der Waals surface area (Å²) in [5.41, 5.74) is 0. The summed E-state index contributed by atoms with van der Waals surface area (Å²) in [7, 11) is 0.431. The van der Waals surface area contributed by atoms with E-state index in [9.17, 15) is 0 Å². The molecule has 0 rings (SSSR count). The Morgan fingerprint density at radius 1 is 1.75 bits per heavy atom. The third-order valence-corrected chi connectivity index (χ3v) is 0.0577. The van der Waals surface area contributed by atoms with Gasteiger partial charge in [-0.15, -0.1) is 0 Å². The van der Waals surface area contributed by atoms with Crippen molar-refractivity contribution in [3.8, 4) is 0 Å². The zero-order valence-electron chi connectivity index (χ0n) is 1.97. The molecule has 0 heterocycles. The first-order valence-electron chi connectivity index (χ1n) is 0.770. The van der Waals surface area contributed by atoms with E-state index in [4.69, 9.17) is 10.1 Å².